The molecule has 1 unspecified atom stereocenters. The normalized spacial score (nSPS) is 13.6. The lowest BCUT2D eigenvalue weighted by atomic mass is 9.76. The molecule has 0 fully saturated rings. The van der Waals surface area contributed by atoms with Crippen LogP contribution in [0.4, 0.5) is 0 Å². The van der Waals surface area contributed by atoms with E-state index >= 15 is 0 Å². The second kappa shape index (κ2) is 15.7. The molecule has 1 atom stereocenters. The van der Waals surface area contributed by atoms with E-state index in [0.29, 0.717) is 18.9 Å². The van der Waals surface area contributed by atoms with Gasteiger partial charge >= 0.3 is 0 Å². The van der Waals surface area contributed by atoms with Gasteiger partial charge in [-0.15, -0.1) is 0 Å². The predicted octanol–water partition coefficient (Wildman–Crippen LogP) is 6.21. The van der Waals surface area contributed by atoms with Crippen molar-refractivity contribution in [2.75, 3.05) is 26.8 Å². The minimum Gasteiger partial charge on any atom is -0.383 e. The Balaban J connectivity index is 4.66. The maximum Gasteiger partial charge on any atom is 0.223 e. The number of unbranched alkanes of at least 4 members (excludes halogenated alkanes) is 6. The van der Waals surface area contributed by atoms with Crippen LogP contribution in [0.25, 0.3) is 0 Å². The zero-order valence-electron chi connectivity index (χ0n) is 17.9. The highest BCUT2D eigenvalue weighted by molar-refractivity contribution is 5.76. The summed E-state index contributed by atoms with van der Waals surface area (Å²) in [4.78, 5) is 14.9. The van der Waals surface area contributed by atoms with Gasteiger partial charge in [0.15, 0.2) is 0 Å². The van der Waals surface area contributed by atoms with Crippen LogP contribution < -0.4 is 0 Å². The Kier molecular flexibility index (Phi) is 15.3. The summed E-state index contributed by atoms with van der Waals surface area (Å²) in [5.41, 5.74) is 0.164. The Hall–Kier alpha value is -0.570. The first-order chi connectivity index (χ1) is 12.0. The quantitative estimate of drug-likeness (QED) is 0.290. The first-order valence-corrected chi connectivity index (χ1v) is 10.8. The molecule has 1 amide bonds. The number of amides is 1. The van der Waals surface area contributed by atoms with Crippen LogP contribution in [0.5, 0.6) is 0 Å². The van der Waals surface area contributed by atoms with Gasteiger partial charge in [-0.05, 0) is 24.7 Å². The average Bonchev–Trinajstić information content (AvgIpc) is 2.58. The fourth-order valence-corrected chi connectivity index (χ4v) is 3.57. The highest BCUT2D eigenvalue weighted by Gasteiger charge is 2.28. The van der Waals surface area contributed by atoms with E-state index in [4.69, 9.17) is 4.74 Å². The third kappa shape index (κ3) is 12.4. The number of nitrogens with zero attached hydrogens (tertiary/aromatic N) is 1. The van der Waals surface area contributed by atoms with Crippen molar-refractivity contribution in [1.82, 2.24) is 4.90 Å². The summed E-state index contributed by atoms with van der Waals surface area (Å²) in [5.74, 6) is 0.325. The third-order valence-electron chi connectivity index (χ3n) is 5.26. The SMILES string of the molecule is CCCCCCCC(C)(CCCCC)CC(=O)N(CCC)CCOC. The monoisotopic (exact) mass is 355 g/mol. The zero-order chi connectivity index (χ0) is 19.0. The van der Waals surface area contributed by atoms with E-state index in [9.17, 15) is 4.79 Å². The number of carbonyl (C=O) groups excluding carboxylic acids is 1. The Morgan fingerprint density at radius 3 is 1.96 bits per heavy atom. The molecule has 0 saturated heterocycles. The third-order valence-corrected chi connectivity index (χ3v) is 5.26. The molecule has 0 aliphatic carbocycles. The van der Waals surface area contributed by atoms with Crippen molar-refractivity contribution in [2.45, 2.75) is 105 Å². The van der Waals surface area contributed by atoms with Crippen molar-refractivity contribution in [3.05, 3.63) is 0 Å². The summed E-state index contributed by atoms with van der Waals surface area (Å²) in [5, 5.41) is 0. The molecule has 25 heavy (non-hydrogen) atoms. The van der Waals surface area contributed by atoms with Gasteiger partial charge in [0, 0.05) is 26.6 Å². The number of carbonyl (C=O) groups is 1. The molecule has 0 N–H and O–H groups in total. The average molecular weight is 356 g/mol. The first-order valence-electron chi connectivity index (χ1n) is 10.8. The van der Waals surface area contributed by atoms with Gasteiger partial charge in [0.05, 0.1) is 6.61 Å². The van der Waals surface area contributed by atoms with Crippen molar-refractivity contribution >= 4 is 5.91 Å². The minimum atomic E-state index is 0.164. The second-order valence-corrected chi connectivity index (χ2v) is 7.98. The van der Waals surface area contributed by atoms with Gasteiger partial charge < -0.3 is 9.64 Å². The van der Waals surface area contributed by atoms with E-state index in [2.05, 4.69) is 27.7 Å². The molecule has 150 valence electrons. The van der Waals surface area contributed by atoms with Gasteiger partial charge in [0.1, 0.15) is 0 Å². The van der Waals surface area contributed by atoms with E-state index in [0.717, 1.165) is 19.5 Å². The minimum absolute atomic E-state index is 0.164. The smallest absolute Gasteiger partial charge is 0.223 e. The van der Waals surface area contributed by atoms with Crippen molar-refractivity contribution in [2.24, 2.45) is 5.41 Å². The standard InChI is InChI=1S/C22H45NO2/c1-6-9-11-12-14-16-22(4,15-13-10-7-2)20-21(24)23(17-8-3)18-19-25-5/h6-20H2,1-5H3. The number of hydrogen-bond donors (Lipinski definition) is 0. The van der Waals surface area contributed by atoms with Gasteiger partial charge in [-0.25, -0.2) is 0 Å². The molecule has 0 spiro atoms. The van der Waals surface area contributed by atoms with Gasteiger partial charge in [0.2, 0.25) is 5.91 Å². The van der Waals surface area contributed by atoms with Crippen LogP contribution in [0, 0.1) is 5.41 Å². The number of rotatable bonds is 17. The van der Waals surface area contributed by atoms with Crippen molar-refractivity contribution in [3.63, 3.8) is 0 Å². The lowest BCUT2D eigenvalue weighted by molar-refractivity contribution is -0.134. The summed E-state index contributed by atoms with van der Waals surface area (Å²) in [7, 11) is 1.71. The molecule has 0 heterocycles. The molecule has 0 aromatic rings. The van der Waals surface area contributed by atoms with E-state index in [1.165, 1.54) is 64.2 Å². The Labute approximate surface area is 157 Å². The topological polar surface area (TPSA) is 29.5 Å². The van der Waals surface area contributed by atoms with Crippen LogP contribution in [-0.4, -0.2) is 37.6 Å². The van der Waals surface area contributed by atoms with Gasteiger partial charge in [0.25, 0.3) is 0 Å². The lowest BCUT2D eigenvalue weighted by Crippen LogP contribution is -2.37. The molecule has 0 rings (SSSR count). The van der Waals surface area contributed by atoms with Crippen LogP contribution in [0.2, 0.25) is 0 Å². The van der Waals surface area contributed by atoms with Crippen LogP contribution in [-0.2, 0) is 9.53 Å². The largest absolute Gasteiger partial charge is 0.383 e. The second-order valence-electron chi connectivity index (χ2n) is 7.98. The Morgan fingerprint density at radius 1 is 0.840 bits per heavy atom. The molecule has 0 aliphatic heterocycles. The van der Waals surface area contributed by atoms with E-state index in [-0.39, 0.29) is 5.41 Å². The molecule has 3 nitrogen and oxygen atoms in total. The predicted molar refractivity (Wildman–Crippen MR) is 109 cm³/mol. The number of hydrogen-bond acceptors (Lipinski definition) is 2. The number of ether oxygens (including phenoxy) is 1. The van der Waals surface area contributed by atoms with Crippen molar-refractivity contribution < 1.29 is 9.53 Å². The van der Waals surface area contributed by atoms with Crippen LogP contribution >= 0.6 is 0 Å². The van der Waals surface area contributed by atoms with E-state index < -0.39 is 0 Å². The molecule has 3 heteroatoms. The van der Waals surface area contributed by atoms with Crippen molar-refractivity contribution in [1.29, 1.82) is 0 Å². The summed E-state index contributed by atoms with van der Waals surface area (Å²) in [6, 6.07) is 0. The zero-order valence-corrected chi connectivity index (χ0v) is 17.9. The number of methoxy groups -OCH3 is 1. The van der Waals surface area contributed by atoms with E-state index in [1.54, 1.807) is 7.11 Å². The highest BCUT2D eigenvalue weighted by Crippen LogP contribution is 2.35. The van der Waals surface area contributed by atoms with Crippen molar-refractivity contribution in [3.8, 4) is 0 Å². The maximum atomic E-state index is 12.9. The Bertz CT molecular complexity index is 319. The molecule has 0 bridgehead atoms. The fraction of sp³-hybridized carbons (Fsp3) is 0.955. The Morgan fingerprint density at radius 2 is 1.40 bits per heavy atom. The molecular weight excluding hydrogens is 310 g/mol. The molecule has 0 aromatic heterocycles. The summed E-state index contributed by atoms with van der Waals surface area (Å²) < 4.78 is 5.19. The van der Waals surface area contributed by atoms with Gasteiger partial charge in [-0.1, -0.05) is 79.1 Å². The molecule has 0 radical (unpaired) electrons. The highest BCUT2D eigenvalue weighted by atomic mass is 16.5. The molecule has 0 saturated carbocycles. The summed E-state index contributed by atoms with van der Waals surface area (Å²) in [6.07, 6.45) is 14.4. The molecular formula is C22H45NO2. The van der Waals surface area contributed by atoms with Gasteiger partial charge in [-0.2, -0.15) is 0 Å². The molecule has 0 aliphatic rings. The molecule has 0 aromatic carbocycles. The fourth-order valence-electron chi connectivity index (χ4n) is 3.57. The lowest BCUT2D eigenvalue weighted by Gasteiger charge is -2.32. The first kappa shape index (κ1) is 24.4. The van der Waals surface area contributed by atoms with Crippen LogP contribution in [0.1, 0.15) is 105 Å². The van der Waals surface area contributed by atoms with E-state index in [1.807, 2.05) is 4.90 Å². The van der Waals surface area contributed by atoms with Crippen LogP contribution in [0.3, 0.4) is 0 Å². The summed E-state index contributed by atoms with van der Waals surface area (Å²) in [6.45, 7) is 11.2. The van der Waals surface area contributed by atoms with Crippen LogP contribution in [0.15, 0.2) is 0 Å². The summed E-state index contributed by atoms with van der Waals surface area (Å²) >= 11 is 0. The van der Waals surface area contributed by atoms with Gasteiger partial charge in [-0.3, -0.25) is 4.79 Å². The maximum absolute atomic E-state index is 12.9.